The van der Waals surface area contributed by atoms with Gasteiger partial charge in [-0.25, -0.2) is 13.1 Å². The highest BCUT2D eigenvalue weighted by Crippen LogP contribution is 2.36. The van der Waals surface area contributed by atoms with E-state index in [1.54, 1.807) is 7.05 Å². The molecule has 1 aromatic heterocycles. The Morgan fingerprint density at radius 3 is 2.89 bits per heavy atom. The van der Waals surface area contributed by atoms with E-state index in [1.807, 2.05) is 0 Å². The number of nitrogens with zero attached hydrogens (tertiary/aromatic N) is 1. The van der Waals surface area contributed by atoms with Crippen LogP contribution >= 0.6 is 0 Å². The average Bonchev–Trinajstić information content (AvgIpc) is 3.07. The van der Waals surface area contributed by atoms with Crippen molar-refractivity contribution >= 4 is 10.0 Å². The van der Waals surface area contributed by atoms with Gasteiger partial charge in [0.05, 0.1) is 6.20 Å². The molecule has 0 aliphatic heterocycles. The van der Waals surface area contributed by atoms with Crippen molar-refractivity contribution in [2.24, 2.45) is 11.8 Å². The monoisotopic (exact) mass is 272 g/mol. The van der Waals surface area contributed by atoms with Crippen LogP contribution in [-0.4, -0.2) is 32.2 Å². The zero-order valence-electron chi connectivity index (χ0n) is 10.7. The van der Waals surface area contributed by atoms with Crippen LogP contribution in [0.1, 0.15) is 25.3 Å². The van der Waals surface area contributed by atoms with Gasteiger partial charge in [-0.15, -0.1) is 0 Å². The Labute approximate surface area is 108 Å². The van der Waals surface area contributed by atoms with Crippen molar-refractivity contribution in [1.82, 2.24) is 20.2 Å². The smallest absolute Gasteiger partial charge is 0.257 e. The molecule has 102 valence electrons. The molecule has 1 aliphatic carbocycles. The van der Waals surface area contributed by atoms with Crippen molar-refractivity contribution in [1.29, 1.82) is 0 Å². The minimum Gasteiger partial charge on any atom is -0.316 e. The van der Waals surface area contributed by atoms with E-state index in [0.717, 1.165) is 0 Å². The number of sulfonamides is 1. The Morgan fingerprint density at radius 2 is 2.28 bits per heavy atom. The zero-order chi connectivity index (χ0) is 13.2. The van der Waals surface area contributed by atoms with Gasteiger partial charge in [-0.1, -0.05) is 6.92 Å². The minimum atomic E-state index is -3.48. The van der Waals surface area contributed by atoms with E-state index in [9.17, 15) is 8.42 Å². The van der Waals surface area contributed by atoms with Gasteiger partial charge in [-0.3, -0.25) is 5.10 Å². The molecule has 0 bridgehead atoms. The third kappa shape index (κ3) is 3.09. The van der Waals surface area contributed by atoms with Crippen LogP contribution in [0.3, 0.4) is 0 Å². The molecule has 1 heterocycles. The molecule has 7 heteroatoms. The maximum Gasteiger partial charge on any atom is 0.257 e. The predicted molar refractivity (Wildman–Crippen MR) is 68.4 cm³/mol. The van der Waals surface area contributed by atoms with Gasteiger partial charge in [0.2, 0.25) is 0 Å². The van der Waals surface area contributed by atoms with Crippen LogP contribution in [0.15, 0.2) is 11.2 Å². The molecule has 18 heavy (non-hydrogen) atoms. The lowest BCUT2D eigenvalue weighted by Gasteiger charge is -2.11. The lowest BCUT2D eigenvalue weighted by atomic mass is 10.1. The number of H-pyrrole nitrogens is 1. The van der Waals surface area contributed by atoms with Gasteiger partial charge >= 0.3 is 0 Å². The molecule has 1 fully saturated rings. The summed E-state index contributed by atoms with van der Waals surface area (Å²) in [6, 6.07) is 0. The molecular weight excluding hydrogens is 252 g/mol. The number of nitrogens with one attached hydrogen (secondary N) is 3. The van der Waals surface area contributed by atoms with Crippen LogP contribution in [0.4, 0.5) is 0 Å². The fourth-order valence-corrected chi connectivity index (χ4v) is 3.26. The van der Waals surface area contributed by atoms with E-state index in [0.29, 0.717) is 30.5 Å². The van der Waals surface area contributed by atoms with Gasteiger partial charge in [0.1, 0.15) is 0 Å². The Morgan fingerprint density at radius 1 is 1.56 bits per heavy atom. The summed E-state index contributed by atoms with van der Waals surface area (Å²) in [7, 11) is -1.71. The molecule has 0 amide bonds. The molecule has 1 unspecified atom stereocenters. The van der Waals surface area contributed by atoms with E-state index in [1.165, 1.54) is 19.0 Å². The molecule has 3 N–H and O–H groups in total. The van der Waals surface area contributed by atoms with Crippen molar-refractivity contribution in [3.05, 3.63) is 11.8 Å². The lowest BCUT2D eigenvalue weighted by molar-refractivity contribution is 0.490. The summed E-state index contributed by atoms with van der Waals surface area (Å²) in [4.78, 5) is 0. The number of rotatable bonds is 7. The summed E-state index contributed by atoms with van der Waals surface area (Å²) in [6.45, 7) is 3.05. The van der Waals surface area contributed by atoms with E-state index >= 15 is 0 Å². The molecule has 0 radical (unpaired) electrons. The van der Waals surface area contributed by atoms with E-state index in [4.69, 9.17) is 0 Å². The minimum absolute atomic E-state index is 0.167. The summed E-state index contributed by atoms with van der Waals surface area (Å²) in [5.41, 5.74) is 0.657. The number of hydrogen-bond donors (Lipinski definition) is 3. The predicted octanol–water partition coefficient (Wildman–Crippen LogP) is 0.454. The van der Waals surface area contributed by atoms with Gasteiger partial charge in [-0.05, 0) is 31.7 Å². The topological polar surface area (TPSA) is 86.9 Å². The fraction of sp³-hybridized carbons (Fsp3) is 0.727. The zero-order valence-corrected chi connectivity index (χ0v) is 11.5. The standard InChI is InChI=1S/C11H20N4O2S/c1-8(9-3-4-9)5-14-18(16,17)11-10(6-12-2)7-13-15-11/h7-9,12,14H,3-6H2,1-2H3,(H,13,15). The molecule has 1 saturated carbocycles. The van der Waals surface area contributed by atoms with Crippen molar-refractivity contribution in [3.8, 4) is 0 Å². The number of aromatic nitrogens is 2. The van der Waals surface area contributed by atoms with Gasteiger partial charge in [0, 0.05) is 18.7 Å². The van der Waals surface area contributed by atoms with Crippen LogP contribution < -0.4 is 10.0 Å². The molecule has 1 aliphatic rings. The highest BCUT2D eigenvalue weighted by molar-refractivity contribution is 7.89. The lowest BCUT2D eigenvalue weighted by Crippen LogP contribution is -2.30. The molecule has 1 atom stereocenters. The molecule has 6 nitrogen and oxygen atoms in total. The first kappa shape index (κ1) is 13.5. The average molecular weight is 272 g/mol. The van der Waals surface area contributed by atoms with Crippen molar-refractivity contribution in [2.45, 2.75) is 31.3 Å². The second-order valence-corrected chi connectivity index (χ2v) is 6.63. The summed E-state index contributed by atoms with van der Waals surface area (Å²) in [5, 5.41) is 9.45. The second kappa shape index (κ2) is 5.38. The normalized spacial score (nSPS) is 17.9. The number of aromatic amines is 1. The van der Waals surface area contributed by atoms with Gasteiger partial charge in [0.15, 0.2) is 5.03 Å². The van der Waals surface area contributed by atoms with Crippen LogP contribution in [0.2, 0.25) is 0 Å². The largest absolute Gasteiger partial charge is 0.316 e. The van der Waals surface area contributed by atoms with Crippen LogP contribution in [-0.2, 0) is 16.6 Å². The van der Waals surface area contributed by atoms with Crippen molar-refractivity contribution in [2.75, 3.05) is 13.6 Å². The molecule has 0 spiro atoms. The van der Waals surface area contributed by atoms with E-state index in [-0.39, 0.29) is 5.03 Å². The summed E-state index contributed by atoms with van der Waals surface area (Å²) in [6.07, 6.45) is 3.98. The quantitative estimate of drug-likeness (QED) is 0.673. The van der Waals surface area contributed by atoms with Gasteiger partial charge in [0.25, 0.3) is 10.0 Å². The van der Waals surface area contributed by atoms with Crippen molar-refractivity contribution in [3.63, 3.8) is 0 Å². The van der Waals surface area contributed by atoms with E-state index in [2.05, 4.69) is 27.2 Å². The van der Waals surface area contributed by atoms with Crippen LogP contribution in [0.5, 0.6) is 0 Å². The van der Waals surface area contributed by atoms with Crippen LogP contribution in [0.25, 0.3) is 0 Å². The summed E-state index contributed by atoms with van der Waals surface area (Å²) in [5.74, 6) is 1.08. The summed E-state index contributed by atoms with van der Waals surface area (Å²) >= 11 is 0. The Bertz CT molecular complexity index is 493. The molecular formula is C11H20N4O2S. The third-order valence-corrected chi connectivity index (χ3v) is 4.77. The fourth-order valence-electron chi connectivity index (χ4n) is 1.99. The maximum atomic E-state index is 12.1. The van der Waals surface area contributed by atoms with Gasteiger partial charge in [-0.2, -0.15) is 5.10 Å². The first-order valence-corrected chi connectivity index (χ1v) is 7.69. The van der Waals surface area contributed by atoms with Crippen LogP contribution in [0, 0.1) is 11.8 Å². The molecule has 1 aromatic rings. The second-order valence-electron chi connectivity index (χ2n) is 4.92. The third-order valence-electron chi connectivity index (χ3n) is 3.34. The molecule has 0 aromatic carbocycles. The Kier molecular flexibility index (Phi) is 4.04. The maximum absolute atomic E-state index is 12.1. The highest BCUT2D eigenvalue weighted by atomic mass is 32.2. The van der Waals surface area contributed by atoms with Gasteiger partial charge < -0.3 is 5.32 Å². The Hall–Kier alpha value is -0.920. The summed E-state index contributed by atoms with van der Waals surface area (Å²) < 4.78 is 26.9. The molecule has 0 saturated heterocycles. The first-order valence-electron chi connectivity index (χ1n) is 6.21. The Balaban J connectivity index is 2.02. The molecule has 2 rings (SSSR count). The van der Waals surface area contributed by atoms with E-state index < -0.39 is 10.0 Å². The highest BCUT2D eigenvalue weighted by Gasteiger charge is 2.29. The van der Waals surface area contributed by atoms with Crippen molar-refractivity contribution < 1.29 is 8.42 Å². The first-order chi connectivity index (χ1) is 8.54. The SMILES string of the molecule is CNCc1cn[nH]c1S(=O)(=O)NCC(C)C1CC1. The number of hydrogen-bond acceptors (Lipinski definition) is 4.